The first-order chi connectivity index (χ1) is 10.3. The Hall–Kier alpha value is -0.810. The highest BCUT2D eigenvalue weighted by Gasteiger charge is 2.25. The van der Waals surface area contributed by atoms with E-state index in [0.717, 1.165) is 19.6 Å². The number of ether oxygens (including phenoxy) is 1. The van der Waals surface area contributed by atoms with E-state index in [2.05, 4.69) is 29.5 Å². The topological polar surface area (TPSA) is 53.6 Å². The molecule has 0 aromatic heterocycles. The molecule has 2 unspecified atom stereocenters. The van der Waals surface area contributed by atoms with E-state index < -0.39 is 5.60 Å². The molecule has 1 fully saturated rings. The van der Waals surface area contributed by atoms with Gasteiger partial charge in [0.15, 0.2) is 0 Å². The van der Waals surface area contributed by atoms with Gasteiger partial charge in [0.1, 0.15) is 5.60 Å². The van der Waals surface area contributed by atoms with Crippen LogP contribution in [0.15, 0.2) is 0 Å². The largest absolute Gasteiger partial charge is 0.444 e. The number of carbonyl (C=O) groups is 1. The standard InChI is InChI=1S/C17H35N3O2/c1-6-20(5)12-11-18-15-10-8-7-9-14(15)13-19-16(21)22-17(2,3)4/h14-15,18H,6-13H2,1-5H3,(H,19,21). The number of nitrogens with zero attached hydrogens (tertiary/aromatic N) is 1. The summed E-state index contributed by atoms with van der Waals surface area (Å²) in [6, 6.07) is 0.508. The molecule has 1 rings (SSSR count). The Labute approximate surface area is 136 Å². The molecule has 2 N–H and O–H groups in total. The third-order valence-electron chi connectivity index (χ3n) is 4.26. The maximum absolute atomic E-state index is 11.8. The van der Waals surface area contributed by atoms with Crippen molar-refractivity contribution in [3.8, 4) is 0 Å². The molecule has 0 heterocycles. The lowest BCUT2D eigenvalue weighted by Crippen LogP contribution is -2.46. The fourth-order valence-corrected chi connectivity index (χ4v) is 2.85. The minimum atomic E-state index is -0.432. The second-order valence-electron chi connectivity index (χ2n) is 7.38. The number of amides is 1. The maximum Gasteiger partial charge on any atom is 0.407 e. The van der Waals surface area contributed by atoms with Gasteiger partial charge in [0.25, 0.3) is 0 Å². The molecule has 1 aliphatic rings. The molecule has 130 valence electrons. The van der Waals surface area contributed by atoms with Crippen LogP contribution in [0.4, 0.5) is 4.79 Å². The van der Waals surface area contributed by atoms with Gasteiger partial charge in [-0.15, -0.1) is 0 Å². The molecule has 0 aromatic carbocycles. The second-order valence-corrected chi connectivity index (χ2v) is 7.38. The van der Waals surface area contributed by atoms with Crippen LogP contribution >= 0.6 is 0 Å². The molecule has 5 heteroatoms. The summed E-state index contributed by atoms with van der Waals surface area (Å²) in [7, 11) is 2.14. The fourth-order valence-electron chi connectivity index (χ4n) is 2.85. The Balaban J connectivity index is 2.33. The molecule has 22 heavy (non-hydrogen) atoms. The van der Waals surface area contributed by atoms with Crippen LogP contribution in [0.2, 0.25) is 0 Å². The maximum atomic E-state index is 11.8. The zero-order valence-corrected chi connectivity index (χ0v) is 15.1. The van der Waals surface area contributed by atoms with Gasteiger partial charge in [0.2, 0.25) is 0 Å². The molecule has 0 aromatic rings. The van der Waals surface area contributed by atoms with E-state index in [1.54, 1.807) is 0 Å². The summed E-state index contributed by atoms with van der Waals surface area (Å²) in [6.07, 6.45) is 4.62. The predicted octanol–water partition coefficient (Wildman–Crippen LogP) is 2.61. The summed E-state index contributed by atoms with van der Waals surface area (Å²) in [5.41, 5.74) is -0.432. The zero-order chi connectivity index (χ0) is 16.6. The van der Waals surface area contributed by atoms with Gasteiger partial charge < -0.3 is 20.3 Å². The van der Waals surface area contributed by atoms with Crippen LogP contribution in [0, 0.1) is 5.92 Å². The minimum absolute atomic E-state index is 0.303. The lowest BCUT2D eigenvalue weighted by molar-refractivity contribution is 0.0510. The van der Waals surface area contributed by atoms with Gasteiger partial charge in [-0.05, 0) is 53.1 Å². The van der Waals surface area contributed by atoms with Crippen LogP contribution in [-0.2, 0) is 4.74 Å². The average molecular weight is 313 g/mol. The summed E-state index contributed by atoms with van der Waals surface area (Å²) in [6.45, 7) is 11.7. The Kier molecular flexibility index (Phi) is 8.18. The summed E-state index contributed by atoms with van der Waals surface area (Å²) in [4.78, 5) is 14.1. The van der Waals surface area contributed by atoms with Crippen LogP contribution in [0.1, 0.15) is 53.4 Å². The van der Waals surface area contributed by atoms with Crippen LogP contribution < -0.4 is 10.6 Å². The Morgan fingerprint density at radius 2 is 1.95 bits per heavy atom. The van der Waals surface area contributed by atoms with Crippen molar-refractivity contribution in [2.45, 2.75) is 65.0 Å². The van der Waals surface area contributed by atoms with Crippen LogP contribution in [0.3, 0.4) is 0 Å². The van der Waals surface area contributed by atoms with Gasteiger partial charge in [-0.25, -0.2) is 4.79 Å². The van der Waals surface area contributed by atoms with Gasteiger partial charge >= 0.3 is 6.09 Å². The lowest BCUT2D eigenvalue weighted by atomic mass is 9.84. The smallest absolute Gasteiger partial charge is 0.407 e. The summed E-state index contributed by atoms with van der Waals surface area (Å²) in [5.74, 6) is 0.508. The monoisotopic (exact) mass is 313 g/mol. The molecule has 0 radical (unpaired) electrons. The van der Waals surface area contributed by atoms with Crippen molar-refractivity contribution in [3.05, 3.63) is 0 Å². The van der Waals surface area contributed by atoms with Crippen molar-refractivity contribution in [3.63, 3.8) is 0 Å². The number of carbonyl (C=O) groups excluding carboxylic acids is 1. The minimum Gasteiger partial charge on any atom is -0.444 e. The van der Waals surface area contributed by atoms with Gasteiger partial charge in [0.05, 0.1) is 0 Å². The molecular formula is C17H35N3O2. The SMILES string of the molecule is CCN(C)CCNC1CCCCC1CNC(=O)OC(C)(C)C. The van der Waals surface area contributed by atoms with Crippen molar-refractivity contribution in [1.82, 2.24) is 15.5 Å². The lowest BCUT2D eigenvalue weighted by Gasteiger charge is -2.33. The highest BCUT2D eigenvalue weighted by atomic mass is 16.6. The van der Waals surface area contributed by atoms with E-state index in [9.17, 15) is 4.79 Å². The molecule has 1 saturated carbocycles. The molecule has 0 bridgehead atoms. The molecule has 0 spiro atoms. The summed E-state index contributed by atoms with van der Waals surface area (Å²) >= 11 is 0. The van der Waals surface area contributed by atoms with E-state index >= 15 is 0 Å². The van der Waals surface area contributed by atoms with E-state index in [-0.39, 0.29) is 6.09 Å². The number of nitrogens with one attached hydrogen (secondary N) is 2. The average Bonchev–Trinajstić information content (AvgIpc) is 2.44. The summed E-state index contributed by atoms with van der Waals surface area (Å²) in [5, 5.41) is 6.61. The first kappa shape index (κ1) is 19.2. The number of hydrogen-bond acceptors (Lipinski definition) is 4. The van der Waals surface area contributed by atoms with Crippen molar-refractivity contribution in [2.75, 3.05) is 33.2 Å². The van der Waals surface area contributed by atoms with Gasteiger partial charge in [-0.1, -0.05) is 19.8 Å². The van der Waals surface area contributed by atoms with Crippen LogP contribution in [-0.4, -0.2) is 55.9 Å². The van der Waals surface area contributed by atoms with E-state index in [1.165, 1.54) is 25.7 Å². The normalized spacial score (nSPS) is 22.6. The molecule has 5 nitrogen and oxygen atoms in total. The van der Waals surface area contributed by atoms with E-state index in [4.69, 9.17) is 4.74 Å². The van der Waals surface area contributed by atoms with Crippen molar-refractivity contribution in [2.24, 2.45) is 5.92 Å². The first-order valence-corrected chi connectivity index (χ1v) is 8.70. The molecule has 0 aliphatic heterocycles. The third-order valence-corrected chi connectivity index (χ3v) is 4.26. The fraction of sp³-hybridized carbons (Fsp3) is 0.941. The second kappa shape index (κ2) is 9.36. The Morgan fingerprint density at radius 1 is 1.27 bits per heavy atom. The number of rotatable bonds is 7. The van der Waals surface area contributed by atoms with Gasteiger partial charge in [-0.3, -0.25) is 0 Å². The molecule has 0 saturated heterocycles. The Bertz CT molecular complexity index is 328. The van der Waals surface area contributed by atoms with Crippen LogP contribution in [0.25, 0.3) is 0 Å². The van der Waals surface area contributed by atoms with Crippen LogP contribution in [0.5, 0.6) is 0 Å². The summed E-state index contributed by atoms with van der Waals surface area (Å²) < 4.78 is 5.31. The first-order valence-electron chi connectivity index (χ1n) is 8.70. The zero-order valence-electron chi connectivity index (χ0n) is 15.1. The quantitative estimate of drug-likeness (QED) is 0.758. The van der Waals surface area contributed by atoms with Gasteiger partial charge in [-0.2, -0.15) is 0 Å². The number of likely N-dealkylation sites (N-methyl/N-ethyl adjacent to an activating group) is 1. The highest BCUT2D eigenvalue weighted by Crippen LogP contribution is 2.24. The molecular weight excluding hydrogens is 278 g/mol. The molecule has 1 aliphatic carbocycles. The van der Waals surface area contributed by atoms with Gasteiger partial charge in [0, 0.05) is 25.7 Å². The molecule has 1 amide bonds. The highest BCUT2D eigenvalue weighted by molar-refractivity contribution is 5.67. The number of alkyl carbamates (subject to hydrolysis) is 1. The van der Waals surface area contributed by atoms with E-state index in [0.29, 0.717) is 18.5 Å². The predicted molar refractivity (Wildman–Crippen MR) is 91.2 cm³/mol. The van der Waals surface area contributed by atoms with Crippen molar-refractivity contribution >= 4 is 6.09 Å². The Morgan fingerprint density at radius 3 is 2.59 bits per heavy atom. The number of hydrogen-bond donors (Lipinski definition) is 2. The van der Waals surface area contributed by atoms with Crippen molar-refractivity contribution in [1.29, 1.82) is 0 Å². The molecule has 2 atom stereocenters. The van der Waals surface area contributed by atoms with E-state index in [1.807, 2.05) is 20.8 Å². The third kappa shape index (κ3) is 7.99. The van der Waals surface area contributed by atoms with Crippen molar-refractivity contribution < 1.29 is 9.53 Å².